The van der Waals surface area contributed by atoms with E-state index >= 15 is 0 Å². The van der Waals surface area contributed by atoms with Gasteiger partial charge in [0.15, 0.2) is 23.1 Å². The van der Waals surface area contributed by atoms with Crippen LogP contribution in [0.5, 0.6) is 0 Å². The van der Waals surface area contributed by atoms with Crippen molar-refractivity contribution in [2.45, 2.75) is 51.0 Å². The normalized spacial score (nSPS) is 21.5. The number of amides is 2. The molecule has 2 atom stereocenters. The molecular formula is C23H27FN8O. The van der Waals surface area contributed by atoms with Crippen molar-refractivity contribution in [1.82, 2.24) is 35.4 Å². The van der Waals surface area contributed by atoms with Crippen molar-refractivity contribution in [3.8, 4) is 11.5 Å². The third-order valence-corrected chi connectivity index (χ3v) is 6.37. The first kappa shape index (κ1) is 21.4. The molecule has 0 bridgehead atoms. The number of nitrogens with one attached hydrogen (secondary N) is 2. The van der Waals surface area contributed by atoms with Gasteiger partial charge in [0.1, 0.15) is 5.69 Å². The summed E-state index contributed by atoms with van der Waals surface area (Å²) < 4.78 is 14.4. The molecule has 4 heterocycles. The van der Waals surface area contributed by atoms with E-state index in [1.165, 1.54) is 6.42 Å². The number of carbonyl (C=O) groups is 1. The fraction of sp³-hybridized carbons (Fsp3) is 0.478. The van der Waals surface area contributed by atoms with Crippen molar-refractivity contribution < 1.29 is 9.18 Å². The van der Waals surface area contributed by atoms with Crippen molar-refractivity contribution in [2.75, 3.05) is 13.1 Å². The highest BCUT2D eigenvalue weighted by atomic mass is 19.1. The maximum atomic E-state index is 14.4. The van der Waals surface area contributed by atoms with Gasteiger partial charge in [-0.15, -0.1) is 0 Å². The maximum Gasteiger partial charge on any atom is 0.317 e. The summed E-state index contributed by atoms with van der Waals surface area (Å²) in [7, 11) is 0. The first-order valence-electron chi connectivity index (χ1n) is 11.6. The SMILES string of the molecule is O=C(NC1CCCC(C=Nc2nc(-c3[nH]nc4ncccc34)ncc2F)C1)N1CCCCC1. The number of hydrogen-bond donors (Lipinski definition) is 2. The molecule has 2 N–H and O–H groups in total. The second-order valence-corrected chi connectivity index (χ2v) is 8.74. The lowest BCUT2D eigenvalue weighted by molar-refractivity contribution is 0.178. The number of H-pyrrole nitrogens is 1. The molecular weight excluding hydrogens is 423 g/mol. The molecule has 1 aliphatic heterocycles. The Morgan fingerprint density at radius 2 is 2.09 bits per heavy atom. The number of nitrogens with zero attached hydrogens (tertiary/aromatic N) is 6. The Hall–Kier alpha value is -3.43. The highest BCUT2D eigenvalue weighted by Crippen LogP contribution is 2.27. The fourth-order valence-electron chi connectivity index (χ4n) is 4.62. The molecule has 172 valence electrons. The number of hydrogen-bond acceptors (Lipinski definition) is 6. The van der Waals surface area contributed by atoms with E-state index in [9.17, 15) is 9.18 Å². The van der Waals surface area contributed by atoms with E-state index in [-0.39, 0.29) is 23.8 Å². The smallest absolute Gasteiger partial charge is 0.317 e. The molecule has 0 radical (unpaired) electrons. The van der Waals surface area contributed by atoms with E-state index < -0.39 is 5.82 Å². The first-order valence-corrected chi connectivity index (χ1v) is 11.6. The largest absolute Gasteiger partial charge is 0.335 e. The van der Waals surface area contributed by atoms with Gasteiger partial charge in [-0.2, -0.15) is 5.10 Å². The number of halogens is 1. The van der Waals surface area contributed by atoms with Gasteiger partial charge in [-0.05, 0) is 56.6 Å². The van der Waals surface area contributed by atoms with Gasteiger partial charge in [0, 0.05) is 36.9 Å². The Balaban J connectivity index is 1.27. The lowest BCUT2D eigenvalue weighted by Crippen LogP contribution is -2.48. The van der Waals surface area contributed by atoms with Crippen LogP contribution in [0.2, 0.25) is 0 Å². The van der Waals surface area contributed by atoms with E-state index in [1.807, 2.05) is 11.0 Å². The van der Waals surface area contributed by atoms with Gasteiger partial charge in [0.25, 0.3) is 0 Å². The predicted molar refractivity (Wildman–Crippen MR) is 123 cm³/mol. The summed E-state index contributed by atoms with van der Waals surface area (Å²) in [5.74, 6) is -0.122. The summed E-state index contributed by atoms with van der Waals surface area (Å²) >= 11 is 0. The summed E-state index contributed by atoms with van der Waals surface area (Å²) in [5, 5.41) is 11.0. The highest BCUT2D eigenvalue weighted by molar-refractivity contribution is 5.88. The second-order valence-electron chi connectivity index (χ2n) is 8.74. The summed E-state index contributed by atoms with van der Waals surface area (Å²) in [6, 6.07) is 3.80. The maximum absolute atomic E-state index is 14.4. The summed E-state index contributed by atoms with van der Waals surface area (Å²) in [5.41, 5.74) is 1.12. The van der Waals surface area contributed by atoms with Crippen LogP contribution in [0.3, 0.4) is 0 Å². The van der Waals surface area contributed by atoms with Crippen LogP contribution in [0.25, 0.3) is 22.6 Å². The van der Waals surface area contributed by atoms with Gasteiger partial charge < -0.3 is 10.2 Å². The molecule has 2 fully saturated rings. The summed E-state index contributed by atoms with van der Waals surface area (Å²) in [4.78, 5) is 31.4. The van der Waals surface area contributed by atoms with Crippen molar-refractivity contribution in [1.29, 1.82) is 0 Å². The second kappa shape index (κ2) is 9.60. The quantitative estimate of drug-likeness (QED) is 0.583. The van der Waals surface area contributed by atoms with Crippen LogP contribution in [-0.2, 0) is 0 Å². The molecule has 10 heteroatoms. The monoisotopic (exact) mass is 450 g/mol. The molecule has 2 unspecified atom stereocenters. The number of aromatic nitrogens is 5. The van der Waals surface area contributed by atoms with Crippen molar-refractivity contribution in [3.05, 3.63) is 30.3 Å². The number of aromatic amines is 1. The number of aliphatic imine (C=N–C) groups is 1. The van der Waals surface area contributed by atoms with Crippen molar-refractivity contribution >= 4 is 29.1 Å². The third-order valence-electron chi connectivity index (χ3n) is 6.37. The van der Waals surface area contributed by atoms with Crippen molar-refractivity contribution in [2.24, 2.45) is 10.9 Å². The van der Waals surface area contributed by atoms with Crippen LogP contribution in [0.1, 0.15) is 44.9 Å². The standard InChI is InChI=1S/C23H27FN8O/c24-18-14-27-22(19-17-8-5-9-25-20(17)31-30-19)29-21(18)26-13-15-6-4-7-16(12-15)28-23(33)32-10-2-1-3-11-32/h5,8-9,13-16H,1-4,6-7,10-12H2,(H,28,33)(H,25,30,31). The van der Waals surface area contributed by atoms with Crippen LogP contribution >= 0.6 is 0 Å². The van der Waals surface area contributed by atoms with Crippen molar-refractivity contribution in [3.63, 3.8) is 0 Å². The minimum Gasteiger partial charge on any atom is -0.335 e. The number of pyridine rings is 1. The zero-order chi connectivity index (χ0) is 22.6. The van der Waals surface area contributed by atoms with Crippen LogP contribution in [0, 0.1) is 11.7 Å². The third kappa shape index (κ3) is 4.84. The minimum atomic E-state index is -0.581. The summed E-state index contributed by atoms with van der Waals surface area (Å²) in [6.45, 7) is 1.67. The highest BCUT2D eigenvalue weighted by Gasteiger charge is 2.25. The molecule has 2 amide bonds. The van der Waals surface area contributed by atoms with Crippen LogP contribution in [0.15, 0.2) is 29.5 Å². The summed E-state index contributed by atoms with van der Waals surface area (Å²) in [6.07, 6.45) is 11.6. The Bertz CT molecular complexity index is 1160. The molecule has 3 aromatic rings. The Morgan fingerprint density at radius 3 is 2.97 bits per heavy atom. The molecule has 1 aliphatic carbocycles. The number of rotatable bonds is 4. The van der Waals surface area contributed by atoms with E-state index in [2.05, 4.69) is 35.5 Å². The first-order chi connectivity index (χ1) is 16.2. The Labute approximate surface area is 190 Å². The van der Waals surface area contributed by atoms with Gasteiger partial charge in [-0.3, -0.25) is 5.10 Å². The molecule has 9 nitrogen and oxygen atoms in total. The van der Waals surface area contributed by atoms with Gasteiger partial charge in [-0.1, -0.05) is 6.42 Å². The number of carbonyl (C=O) groups excluding carboxylic acids is 1. The fourth-order valence-corrected chi connectivity index (χ4v) is 4.62. The number of urea groups is 1. The predicted octanol–water partition coefficient (Wildman–Crippen LogP) is 4.01. The van der Waals surface area contributed by atoms with Gasteiger partial charge >= 0.3 is 6.03 Å². The number of fused-ring (bicyclic) bond motifs is 1. The lowest BCUT2D eigenvalue weighted by Gasteiger charge is -2.32. The molecule has 33 heavy (non-hydrogen) atoms. The van der Waals surface area contributed by atoms with Gasteiger partial charge in [0.05, 0.1) is 6.20 Å². The Morgan fingerprint density at radius 1 is 1.21 bits per heavy atom. The molecule has 3 aromatic heterocycles. The molecule has 1 saturated carbocycles. The van der Waals surface area contributed by atoms with E-state index in [4.69, 9.17) is 0 Å². The lowest BCUT2D eigenvalue weighted by atomic mass is 9.86. The zero-order valence-electron chi connectivity index (χ0n) is 18.4. The average molecular weight is 451 g/mol. The Kier molecular flexibility index (Phi) is 6.23. The minimum absolute atomic E-state index is 0.00823. The van der Waals surface area contributed by atoms with Gasteiger partial charge in [0.2, 0.25) is 0 Å². The number of likely N-dealkylation sites (tertiary alicyclic amines) is 1. The van der Waals surface area contributed by atoms with E-state index in [1.54, 1.807) is 18.5 Å². The van der Waals surface area contributed by atoms with E-state index in [0.717, 1.165) is 63.2 Å². The molecule has 1 saturated heterocycles. The van der Waals surface area contributed by atoms with Crippen LogP contribution < -0.4 is 5.32 Å². The molecule has 2 aliphatic rings. The zero-order valence-corrected chi connectivity index (χ0v) is 18.4. The average Bonchev–Trinajstić information content (AvgIpc) is 3.29. The van der Waals surface area contributed by atoms with E-state index in [0.29, 0.717) is 17.2 Å². The molecule has 0 spiro atoms. The number of piperidine rings is 1. The topological polar surface area (TPSA) is 112 Å². The van der Waals surface area contributed by atoms with Gasteiger partial charge in [-0.25, -0.2) is 29.1 Å². The van der Waals surface area contributed by atoms with Crippen LogP contribution in [0.4, 0.5) is 15.0 Å². The van der Waals surface area contributed by atoms with Crippen LogP contribution in [-0.4, -0.2) is 61.4 Å². The molecule has 0 aromatic carbocycles. The molecule has 5 rings (SSSR count).